The number of carbonyl (C=O) groups is 4. The van der Waals surface area contributed by atoms with Crippen molar-refractivity contribution < 1.29 is 42.9 Å². The SMILES string of the molecule is C=CC(=O)NC1CN(c2nc(Nc3cn(C)nc3OC)c3ncc(C(C)C)n3n2)CC1C.C=CC(=O)NC1CN(c2nc(Nc3cn(C)nc3OC)c3ncc(Cl)n3n2)CC1C.C=CC(=O)NC1CN(c2nc(Nc3cn(C)nc3OC)c3ncc(OC)n3n2)CC1C.C=CC(=O)NC1CN(c2nc(Nc3cn(C4CCN(C)C4)nc3OC)c3ncc(C)n3n2)CC1C. The fourth-order valence-corrected chi connectivity index (χ4v) is 15.9. The maximum Gasteiger partial charge on any atom is 0.256 e. The topological polar surface area (TPSA) is 470 Å². The van der Waals surface area contributed by atoms with Crippen LogP contribution in [0.1, 0.15) is 71.3 Å². The van der Waals surface area contributed by atoms with E-state index < -0.39 is 0 Å². The molecule has 0 spiro atoms. The first kappa shape index (κ1) is 89.8. The Morgan fingerprint density at radius 2 is 0.758 bits per heavy atom. The summed E-state index contributed by atoms with van der Waals surface area (Å²) in [6.45, 7) is 35.7. The smallest absolute Gasteiger partial charge is 0.256 e. The van der Waals surface area contributed by atoms with Crippen LogP contribution in [0, 0.1) is 30.6 Å². The molecule has 46 nitrogen and oxygen atoms in total. The van der Waals surface area contributed by atoms with Crippen molar-refractivity contribution in [3.63, 3.8) is 0 Å². The largest absolute Gasteiger partial charge is 0.480 e. The van der Waals surface area contributed by atoms with Gasteiger partial charge in [0.25, 0.3) is 23.5 Å². The van der Waals surface area contributed by atoms with Gasteiger partial charge < -0.3 is 90.7 Å². The van der Waals surface area contributed by atoms with Crippen molar-refractivity contribution in [1.82, 2.24) is 144 Å². The van der Waals surface area contributed by atoms with Crippen LogP contribution in [-0.2, 0) is 40.3 Å². The van der Waals surface area contributed by atoms with Crippen LogP contribution in [0.15, 0.2) is 100 Å². The lowest BCUT2D eigenvalue weighted by atomic mass is 10.1. The van der Waals surface area contributed by atoms with Gasteiger partial charge in [0.15, 0.2) is 45.4 Å². The number of anilines is 12. The lowest BCUT2D eigenvalue weighted by Gasteiger charge is -2.18. The number of hydrogen-bond acceptors (Lipinski definition) is 34. The molecule has 47 heteroatoms. The first-order valence-electron chi connectivity index (χ1n) is 41.5. The number of hydrogen-bond donors (Lipinski definition) is 8. The number of nitrogens with zero attached hydrogens (tertiary/aromatic N) is 29. The van der Waals surface area contributed by atoms with E-state index >= 15 is 0 Å². The molecule has 12 aromatic heterocycles. The fraction of sp³-hybridized carbons (Fsp3) is 0.457. The van der Waals surface area contributed by atoms with Crippen molar-refractivity contribution in [3.8, 4) is 29.4 Å². The molecule has 17 heterocycles. The van der Waals surface area contributed by atoms with E-state index in [1.807, 2.05) is 51.6 Å². The average molecular weight is 1780 g/mol. The number of imidazole rings is 4. The van der Waals surface area contributed by atoms with Crippen LogP contribution in [0.2, 0.25) is 5.15 Å². The number of amides is 4. The Hall–Kier alpha value is -14.5. The molecule has 5 aliphatic rings. The van der Waals surface area contributed by atoms with Gasteiger partial charge in [0.2, 0.25) is 58.9 Å². The zero-order valence-corrected chi connectivity index (χ0v) is 75.1. The average Bonchev–Trinajstić information content (AvgIpc) is 1.61. The van der Waals surface area contributed by atoms with Crippen molar-refractivity contribution in [2.45, 2.75) is 91.0 Å². The molecule has 8 N–H and O–H groups in total. The molecule has 0 bridgehead atoms. The maximum atomic E-state index is 11.9. The van der Waals surface area contributed by atoms with Crippen molar-refractivity contribution >= 4 is 128 Å². The van der Waals surface area contributed by atoms with E-state index in [1.165, 1.54) is 35.0 Å². The second-order valence-electron chi connectivity index (χ2n) is 32.3. The minimum atomic E-state index is -0.200. The number of ether oxygens (including phenoxy) is 5. The van der Waals surface area contributed by atoms with E-state index in [-0.39, 0.29) is 77.4 Å². The molecule has 17 rings (SSSR count). The molecule has 5 aliphatic heterocycles. The van der Waals surface area contributed by atoms with Crippen molar-refractivity contribution in [2.75, 3.05) is 149 Å². The third-order valence-corrected chi connectivity index (χ3v) is 22.8. The number of likely N-dealkylation sites (N-methyl/N-ethyl adjacent to an activating group) is 1. The molecule has 0 aliphatic carbocycles. The van der Waals surface area contributed by atoms with E-state index in [1.54, 1.807) is 97.5 Å². The Bertz CT molecular complexity index is 6080. The molecule has 128 heavy (non-hydrogen) atoms. The lowest BCUT2D eigenvalue weighted by molar-refractivity contribution is -0.118. The van der Waals surface area contributed by atoms with Gasteiger partial charge in [0.05, 0.1) is 127 Å². The standard InChI is InChI=1S/C23H32N10O2.C21H29N9O2.C19H25N9O3.C18H22ClN9O2/c1-6-19(34)25-17-12-31(10-14(17)2)23-27-20(21-24-9-15(3)33(21)29-23)26-18-13-32(28-22(18)35-5)16-7-8-30(4)11-16;1-7-17(31)23-14-11-29(9-13(14)4)21-25-18(24-15-10-28(5)26-20(15)32-6)19-22-8-16(12(2)3)30(19)27-21;1-6-14(29)21-12-10-27(8-11(12)2)19-23-16(17-20-7-15(30-4)28(17)25-19)22-13-9-26(3)24-18(13)31-5;1-5-14(29)21-11-9-27(7-10(11)2)18-23-15(16-20-6-13(19)28(16)25-18)22-12-8-26(3)24-17(12)30-4/h6,9,13-14,16-17H,1,7-8,10-12H2,2-5H3,(H,25,34)(H,26,27,29);7-8,10,12-14H,1,9,11H2,2-6H3,(H,23,31)(H,24,25,27);6-7,9,11-12H,1,8,10H2,2-5H3,(H,21,29)(H,22,23,25);5-6,8,10-11H,1,7,9H2,2-4H3,(H,21,29)(H,22,23,25). The fourth-order valence-electron chi connectivity index (χ4n) is 15.8. The van der Waals surface area contributed by atoms with Crippen LogP contribution in [-0.4, -0.2) is 278 Å². The summed E-state index contributed by atoms with van der Waals surface area (Å²) in [6, 6.07) is 0.199. The molecular weight excluding hydrogens is 1670 g/mol. The Morgan fingerprint density at radius 1 is 0.422 bits per heavy atom. The number of fused-ring (bicyclic) bond motifs is 4. The van der Waals surface area contributed by atoms with Gasteiger partial charge >= 0.3 is 0 Å². The van der Waals surface area contributed by atoms with Gasteiger partial charge in [-0.1, -0.05) is 79.5 Å². The van der Waals surface area contributed by atoms with Gasteiger partial charge in [-0.2, -0.15) is 29.0 Å². The zero-order valence-electron chi connectivity index (χ0n) is 74.3. The highest BCUT2D eigenvalue weighted by Gasteiger charge is 2.38. The van der Waals surface area contributed by atoms with E-state index in [0.29, 0.717) is 167 Å². The van der Waals surface area contributed by atoms with Gasteiger partial charge in [0, 0.05) is 80.0 Å². The van der Waals surface area contributed by atoms with Crippen molar-refractivity contribution in [1.29, 1.82) is 0 Å². The van der Waals surface area contributed by atoms with E-state index in [9.17, 15) is 19.2 Å². The molecule has 4 amide bonds. The van der Waals surface area contributed by atoms with Crippen LogP contribution in [0.5, 0.6) is 29.4 Å². The number of methoxy groups -OCH3 is 5. The third kappa shape index (κ3) is 19.5. The number of likely N-dealkylation sites (tertiary alicyclic amines) is 1. The van der Waals surface area contributed by atoms with Gasteiger partial charge in [-0.05, 0) is 80.8 Å². The minimum absolute atomic E-state index is 0.0111. The van der Waals surface area contributed by atoms with Gasteiger partial charge in [0.1, 0.15) is 22.7 Å². The maximum absolute atomic E-state index is 11.9. The second-order valence-corrected chi connectivity index (χ2v) is 32.7. The van der Waals surface area contributed by atoms with Crippen LogP contribution in [0.3, 0.4) is 0 Å². The van der Waals surface area contributed by atoms with Crippen molar-refractivity contribution in [3.05, 3.63) is 117 Å². The summed E-state index contributed by atoms with van der Waals surface area (Å²) < 4.78 is 40.6. The predicted molar refractivity (Wildman–Crippen MR) is 480 cm³/mol. The number of nitrogens with one attached hydrogen (secondary N) is 8. The summed E-state index contributed by atoms with van der Waals surface area (Å²) >= 11 is 6.29. The Kier molecular flexibility index (Phi) is 27.1. The Morgan fingerprint density at radius 3 is 1.13 bits per heavy atom. The number of carbonyl (C=O) groups excluding carboxylic acids is 4. The molecule has 0 radical (unpaired) electrons. The summed E-state index contributed by atoms with van der Waals surface area (Å²) in [6.07, 6.45) is 20.2. The van der Waals surface area contributed by atoms with Gasteiger partial charge in [-0.25, -0.2) is 29.0 Å². The Labute approximate surface area is 741 Å². The molecule has 9 unspecified atom stereocenters. The highest BCUT2D eigenvalue weighted by atomic mass is 35.5. The van der Waals surface area contributed by atoms with E-state index in [0.717, 1.165) is 49.7 Å². The van der Waals surface area contributed by atoms with Gasteiger partial charge in [-0.3, -0.25) is 37.9 Å². The number of halogens is 1. The molecule has 678 valence electrons. The molecule has 5 saturated heterocycles. The van der Waals surface area contributed by atoms with E-state index in [2.05, 4.69) is 188 Å². The highest BCUT2D eigenvalue weighted by Crippen LogP contribution is 2.38. The quantitative estimate of drug-likeness (QED) is 0.0299. The summed E-state index contributed by atoms with van der Waals surface area (Å²) in [5.41, 5.74) is 6.76. The second kappa shape index (κ2) is 38.6. The molecule has 12 aromatic rings. The molecule has 9 atom stereocenters. The van der Waals surface area contributed by atoms with Crippen LogP contribution in [0.25, 0.3) is 22.6 Å². The van der Waals surface area contributed by atoms with E-state index in [4.69, 9.17) is 60.4 Å². The monoisotopic (exact) mass is 1780 g/mol. The van der Waals surface area contributed by atoms with Crippen LogP contribution >= 0.6 is 11.6 Å². The predicted octanol–water partition coefficient (Wildman–Crippen LogP) is 5.38. The molecule has 5 fully saturated rings. The van der Waals surface area contributed by atoms with Crippen molar-refractivity contribution in [2.24, 2.45) is 44.8 Å². The number of aromatic nitrogens is 24. The summed E-state index contributed by atoms with van der Waals surface area (Å²) in [7, 11) is 15.4. The minimum Gasteiger partial charge on any atom is -0.480 e. The molecule has 0 aromatic carbocycles. The summed E-state index contributed by atoms with van der Waals surface area (Å²) in [5, 5.41) is 61.6. The normalized spacial score (nSPS) is 19.6. The summed E-state index contributed by atoms with van der Waals surface area (Å²) in [4.78, 5) is 94.5. The highest BCUT2D eigenvalue weighted by molar-refractivity contribution is 6.29. The number of aryl methyl sites for hydroxylation is 4. The lowest BCUT2D eigenvalue weighted by Crippen LogP contribution is -2.39. The number of rotatable bonds is 27. The molecule has 0 saturated carbocycles. The Balaban J connectivity index is 0.000000138. The van der Waals surface area contributed by atoms with Crippen LogP contribution in [0.4, 0.5) is 69.8 Å². The molecular formula is C81H108ClN37O9. The summed E-state index contributed by atoms with van der Waals surface area (Å²) in [5.74, 6) is 6.80. The third-order valence-electron chi connectivity index (χ3n) is 22.6. The van der Waals surface area contributed by atoms with Gasteiger partial charge in [-0.15, -0.1) is 40.8 Å². The zero-order chi connectivity index (χ0) is 91.2. The van der Waals surface area contributed by atoms with Crippen LogP contribution < -0.4 is 85.8 Å². The first-order valence-corrected chi connectivity index (χ1v) is 41.9. The first-order chi connectivity index (χ1) is 61.5.